The highest BCUT2D eigenvalue weighted by Gasteiger charge is 2.31. The fraction of sp³-hybridized carbons (Fsp3) is 0.933. The minimum absolute atomic E-state index is 0.284. The summed E-state index contributed by atoms with van der Waals surface area (Å²) in [6.07, 6.45) is 6.08. The van der Waals surface area contributed by atoms with Crippen molar-refractivity contribution in [3.05, 3.63) is 0 Å². The number of hydrogen-bond donors (Lipinski definition) is 1. The Morgan fingerprint density at radius 1 is 1.16 bits per heavy atom. The number of nitrogens with zero attached hydrogens (tertiary/aromatic N) is 2. The summed E-state index contributed by atoms with van der Waals surface area (Å²) >= 11 is 0. The van der Waals surface area contributed by atoms with E-state index in [4.69, 9.17) is 0 Å². The number of piperazine rings is 1. The Labute approximate surface area is 116 Å². The summed E-state index contributed by atoms with van der Waals surface area (Å²) in [5, 5.41) is 9.21. The summed E-state index contributed by atoms with van der Waals surface area (Å²) in [5.74, 6) is 0.233. The van der Waals surface area contributed by atoms with Gasteiger partial charge in [0.05, 0.1) is 0 Å². The standard InChI is InChI=1S/C15H28N2O2/c1-3-14(15(18)19)17-10-8-16(9-11-17)13-6-4-12(2)5-7-13/h12-14H,3-11H2,1-2H3,(H,18,19). The van der Waals surface area contributed by atoms with E-state index in [9.17, 15) is 9.90 Å². The predicted molar refractivity (Wildman–Crippen MR) is 76.3 cm³/mol. The fourth-order valence-electron chi connectivity index (χ4n) is 3.61. The molecule has 0 aromatic carbocycles. The van der Waals surface area contributed by atoms with Crippen LogP contribution in [-0.4, -0.2) is 59.1 Å². The molecule has 0 bridgehead atoms. The van der Waals surface area contributed by atoms with Crippen molar-refractivity contribution in [1.29, 1.82) is 0 Å². The zero-order chi connectivity index (χ0) is 13.8. The monoisotopic (exact) mass is 268 g/mol. The highest BCUT2D eigenvalue weighted by atomic mass is 16.4. The highest BCUT2D eigenvalue weighted by molar-refractivity contribution is 5.73. The zero-order valence-corrected chi connectivity index (χ0v) is 12.3. The number of rotatable bonds is 4. The first-order valence-corrected chi connectivity index (χ1v) is 7.82. The van der Waals surface area contributed by atoms with Crippen LogP contribution in [0.4, 0.5) is 0 Å². The maximum absolute atomic E-state index is 11.2. The third kappa shape index (κ3) is 3.69. The van der Waals surface area contributed by atoms with Gasteiger partial charge in [0.15, 0.2) is 0 Å². The van der Waals surface area contributed by atoms with Crippen molar-refractivity contribution < 1.29 is 9.90 Å². The summed E-state index contributed by atoms with van der Waals surface area (Å²) in [6.45, 7) is 8.24. The van der Waals surface area contributed by atoms with Crippen LogP contribution in [0.15, 0.2) is 0 Å². The van der Waals surface area contributed by atoms with E-state index >= 15 is 0 Å². The molecule has 1 saturated heterocycles. The van der Waals surface area contributed by atoms with Gasteiger partial charge in [0.25, 0.3) is 0 Å². The van der Waals surface area contributed by atoms with Gasteiger partial charge in [-0.3, -0.25) is 14.6 Å². The number of carboxylic acid groups (broad SMARTS) is 1. The molecule has 0 aromatic heterocycles. The Morgan fingerprint density at radius 3 is 2.21 bits per heavy atom. The topological polar surface area (TPSA) is 43.8 Å². The first-order chi connectivity index (χ1) is 9.11. The normalized spacial score (nSPS) is 32.1. The molecule has 1 aliphatic heterocycles. The molecule has 0 radical (unpaired) electrons. The second kappa shape index (κ2) is 6.71. The lowest BCUT2D eigenvalue weighted by atomic mass is 9.86. The first-order valence-electron chi connectivity index (χ1n) is 7.82. The molecule has 4 heteroatoms. The number of aliphatic carboxylic acids is 1. The molecule has 110 valence electrons. The van der Waals surface area contributed by atoms with E-state index in [1.165, 1.54) is 25.7 Å². The van der Waals surface area contributed by atoms with Crippen molar-refractivity contribution in [3.63, 3.8) is 0 Å². The minimum atomic E-state index is -0.664. The van der Waals surface area contributed by atoms with Gasteiger partial charge in [-0.25, -0.2) is 0 Å². The third-order valence-corrected chi connectivity index (χ3v) is 4.96. The van der Waals surface area contributed by atoms with Crippen molar-refractivity contribution >= 4 is 5.97 Å². The Balaban J connectivity index is 1.80. The Hall–Kier alpha value is -0.610. The quantitative estimate of drug-likeness (QED) is 0.847. The average Bonchev–Trinajstić information content (AvgIpc) is 2.41. The van der Waals surface area contributed by atoms with Crippen LogP contribution in [0.5, 0.6) is 0 Å². The van der Waals surface area contributed by atoms with Gasteiger partial charge in [0.2, 0.25) is 0 Å². The molecule has 1 N–H and O–H groups in total. The molecule has 0 amide bonds. The SMILES string of the molecule is CCC(C(=O)O)N1CCN(C2CCC(C)CC2)CC1. The van der Waals surface area contributed by atoms with Crippen molar-refractivity contribution in [2.75, 3.05) is 26.2 Å². The predicted octanol–water partition coefficient (Wildman–Crippen LogP) is 2.05. The van der Waals surface area contributed by atoms with Crippen LogP contribution in [-0.2, 0) is 4.79 Å². The molecule has 19 heavy (non-hydrogen) atoms. The van der Waals surface area contributed by atoms with Crippen LogP contribution in [0.2, 0.25) is 0 Å². The van der Waals surface area contributed by atoms with Gasteiger partial charge in [-0.05, 0) is 38.0 Å². The Bertz CT molecular complexity index is 293. The average molecular weight is 268 g/mol. The van der Waals surface area contributed by atoms with E-state index < -0.39 is 5.97 Å². The fourth-order valence-corrected chi connectivity index (χ4v) is 3.61. The van der Waals surface area contributed by atoms with Crippen LogP contribution in [0, 0.1) is 5.92 Å². The van der Waals surface area contributed by atoms with Crippen molar-refractivity contribution in [1.82, 2.24) is 9.80 Å². The Kier molecular flexibility index (Phi) is 5.22. The lowest BCUT2D eigenvalue weighted by molar-refractivity contribution is -0.144. The summed E-state index contributed by atoms with van der Waals surface area (Å²) in [4.78, 5) is 15.9. The molecule has 4 nitrogen and oxygen atoms in total. The van der Waals surface area contributed by atoms with E-state index in [-0.39, 0.29) is 6.04 Å². The molecule has 1 unspecified atom stereocenters. The van der Waals surface area contributed by atoms with Crippen LogP contribution in [0.25, 0.3) is 0 Å². The minimum Gasteiger partial charge on any atom is -0.480 e. The van der Waals surface area contributed by atoms with E-state index in [1.807, 2.05) is 6.92 Å². The van der Waals surface area contributed by atoms with E-state index in [2.05, 4.69) is 16.7 Å². The highest BCUT2D eigenvalue weighted by Crippen LogP contribution is 2.27. The van der Waals surface area contributed by atoms with Gasteiger partial charge in [-0.2, -0.15) is 0 Å². The van der Waals surface area contributed by atoms with Crippen LogP contribution >= 0.6 is 0 Å². The van der Waals surface area contributed by atoms with Gasteiger partial charge in [-0.15, -0.1) is 0 Å². The van der Waals surface area contributed by atoms with Crippen molar-refractivity contribution in [3.8, 4) is 0 Å². The lowest BCUT2D eigenvalue weighted by Gasteiger charge is -2.43. The summed E-state index contributed by atoms with van der Waals surface area (Å²) in [5.41, 5.74) is 0. The second-order valence-corrected chi connectivity index (χ2v) is 6.25. The molecule has 1 atom stereocenters. The number of carbonyl (C=O) groups is 1. The molecule has 1 heterocycles. The maximum atomic E-state index is 11.2. The van der Waals surface area contributed by atoms with E-state index in [1.54, 1.807) is 0 Å². The summed E-state index contributed by atoms with van der Waals surface area (Å²) in [7, 11) is 0. The van der Waals surface area contributed by atoms with Crippen molar-refractivity contribution in [2.45, 2.75) is 58.0 Å². The van der Waals surface area contributed by atoms with Gasteiger partial charge in [0.1, 0.15) is 6.04 Å². The molecule has 2 rings (SSSR count). The smallest absolute Gasteiger partial charge is 0.320 e. The first kappa shape index (κ1) is 14.8. The lowest BCUT2D eigenvalue weighted by Crippen LogP contribution is -2.55. The number of carboxylic acids is 1. The van der Waals surface area contributed by atoms with Crippen LogP contribution in [0.1, 0.15) is 46.0 Å². The molecule has 0 aromatic rings. The van der Waals surface area contributed by atoms with E-state index in [0.717, 1.165) is 38.1 Å². The van der Waals surface area contributed by atoms with Crippen molar-refractivity contribution in [2.24, 2.45) is 5.92 Å². The molecule has 2 aliphatic rings. The molecular weight excluding hydrogens is 240 g/mol. The number of hydrogen-bond acceptors (Lipinski definition) is 3. The van der Waals surface area contributed by atoms with Gasteiger partial charge in [-0.1, -0.05) is 13.8 Å². The third-order valence-electron chi connectivity index (χ3n) is 4.96. The summed E-state index contributed by atoms with van der Waals surface area (Å²) in [6, 6.07) is 0.469. The summed E-state index contributed by atoms with van der Waals surface area (Å²) < 4.78 is 0. The second-order valence-electron chi connectivity index (χ2n) is 6.25. The Morgan fingerprint density at radius 2 is 1.74 bits per heavy atom. The van der Waals surface area contributed by atoms with Gasteiger partial charge >= 0.3 is 5.97 Å². The van der Waals surface area contributed by atoms with Crippen LogP contribution < -0.4 is 0 Å². The molecule has 0 spiro atoms. The van der Waals surface area contributed by atoms with E-state index in [0.29, 0.717) is 6.42 Å². The largest absolute Gasteiger partial charge is 0.480 e. The van der Waals surface area contributed by atoms with Crippen LogP contribution in [0.3, 0.4) is 0 Å². The molecule has 2 fully saturated rings. The molecular formula is C15H28N2O2. The van der Waals surface area contributed by atoms with Gasteiger partial charge in [0, 0.05) is 32.2 Å². The molecule has 1 aliphatic carbocycles. The van der Waals surface area contributed by atoms with Gasteiger partial charge < -0.3 is 5.11 Å². The maximum Gasteiger partial charge on any atom is 0.320 e. The molecule has 1 saturated carbocycles. The zero-order valence-electron chi connectivity index (χ0n) is 12.3.